The van der Waals surface area contributed by atoms with E-state index in [-0.39, 0.29) is 12.9 Å². The summed E-state index contributed by atoms with van der Waals surface area (Å²) in [5.74, 6) is 0. The summed E-state index contributed by atoms with van der Waals surface area (Å²) in [6.45, 7) is 1.87. The molecule has 1 aliphatic heterocycles. The summed E-state index contributed by atoms with van der Waals surface area (Å²) in [5, 5.41) is 14.8. The number of rotatable bonds is 7. The number of hydrogen-bond acceptors (Lipinski definition) is 5. The molecule has 0 saturated heterocycles. The summed E-state index contributed by atoms with van der Waals surface area (Å²) in [7, 11) is 0. The van der Waals surface area contributed by atoms with E-state index in [0.717, 1.165) is 12.8 Å². The van der Waals surface area contributed by atoms with Gasteiger partial charge in [0.2, 0.25) is 0 Å². The molecule has 21 heavy (non-hydrogen) atoms. The van der Waals surface area contributed by atoms with Crippen molar-refractivity contribution in [1.29, 1.82) is 0 Å². The summed E-state index contributed by atoms with van der Waals surface area (Å²) in [4.78, 5) is 8.94. The van der Waals surface area contributed by atoms with E-state index in [4.69, 9.17) is 0 Å². The Bertz CT molecular complexity index is 401. The Kier molecular flexibility index (Phi) is 5.29. The van der Waals surface area contributed by atoms with Gasteiger partial charge in [0.05, 0.1) is 4.92 Å². The summed E-state index contributed by atoms with van der Waals surface area (Å²) in [6, 6.07) is -5.35. The lowest BCUT2D eigenvalue weighted by Gasteiger charge is -2.30. The van der Waals surface area contributed by atoms with Gasteiger partial charge in [-0.15, -0.1) is 0 Å². The van der Waals surface area contributed by atoms with Crippen LogP contribution in [0.1, 0.15) is 32.6 Å². The highest BCUT2D eigenvalue weighted by Crippen LogP contribution is 2.40. The first-order valence-electron chi connectivity index (χ1n) is 6.30. The van der Waals surface area contributed by atoms with Crippen molar-refractivity contribution in [3.8, 4) is 0 Å². The Morgan fingerprint density at radius 1 is 1.24 bits per heavy atom. The first kappa shape index (κ1) is 17.4. The van der Waals surface area contributed by atoms with Gasteiger partial charge in [0.25, 0.3) is 0 Å². The fraction of sp³-hybridized carbons (Fsp3) is 0.900. The zero-order chi connectivity index (χ0) is 16.3. The molecule has 1 heterocycles. The fourth-order valence-electron chi connectivity index (χ4n) is 1.83. The Hall–Kier alpha value is -1.68. The monoisotopic (exact) mass is 318 g/mol. The molecule has 0 aromatic rings. The van der Waals surface area contributed by atoms with Gasteiger partial charge in [0.1, 0.15) is 6.34 Å². The van der Waals surface area contributed by atoms with Crippen molar-refractivity contribution >= 4 is 6.34 Å². The molecule has 0 N–H and O–H groups in total. The zero-order valence-electron chi connectivity index (χ0n) is 11.2. The number of nitro groups is 1. The second-order valence-corrected chi connectivity index (χ2v) is 4.53. The topological polar surface area (TPSA) is 62.0 Å². The SMILES string of the molecule is CCCCCCN1N=CN(C(F)(F)C(F)(F)F)C1[N+](=O)[O-]. The lowest BCUT2D eigenvalue weighted by Crippen LogP contribution is -2.59. The average molecular weight is 318 g/mol. The van der Waals surface area contributed by atoms with E-state index in [1.807, 2.05) is 6.92 Å². The molecule has 122 valence electrons. The third-order valence-electron chi connectivity index (χ3n) is 2.93. The van der Waals surface area contributed by atoms with Crippen molar-refractivity contribution < 1.29 is 26.9 Å². The Balaban J connectivity index is 2.81. The molecule has 0 saturated carbocycles. The zero-order valence-corrected chi connectivity index (χ0v) is 11.2. The van der Waals surface area contributed by atoms with Crippen LogP contribution in [0.15, 0.2) is 5.10 Å². The molecular formula is C10H15F5N4O2. The predicted octanol–water partition coefficient (Wildman–Crippen LogP) is 2.84. The molecule has 0 bridgehead atoms. The molecule has 0 amide bonds. The number of unbranched alkanes of at least 4 members (excludes halogenated alkanes) is 3. The third-order valence-corrected chi connectivity index (χ3v) is 2.93. The highest BCUT2D eigenvalue weighted by Gasteiger charge is 2.67. The van der Waals surface area contributed by atoms with Crippen LogP contribution in [-0.2, 0) is 0 Å². The second-order valence-electron chi connectivity index (χ2n) is 4.53. The number of halogens is 5. The van der Waals surface area contributed by atoms with Gasteiger partial charge >= 0.3 is 18.5 Å². The van der Waals surface area contributed by atoms with Gasteiger partial charge in [-0.25, -0.2) is 9.91 Å². The standard InChI is InChI=1S/C10H15F5N4O2/c1-2-3-4-5-6-18-8(19(20)21)17(7-16-18)10(14,15)9(11,12)13/h7-8H,2-6H2,1H3. The molecule has 1 unspecified atom stereocenters. The molecule has 0 aromatic heterocycles. The normalized spacial score (nSPS) is 19.4. The fourth-order valence-corrected chi connectivity index (χ4v) is 1.83. The van der Waals surface area contributed by atoms with Gasteiger partial charge in [-0.05, 0) is 6.42 Å². The van der Waals surface area contributed by atoms with Crippen LogP contribution in [0.4, 0.5) is 22.0 Å². The summed E-state index contributed by atoms with van der Waals surface area (Å²) in [6.07, 6.45) is -5.29. The summed E-state index contributed by atoms with van der Waals surface area (Å²) >= 11 is 0. The van der Waals surface area contributed by atoms with Gasteiger partial charge in [-0.1, -0.05) is 26.2 Å². The maximum atomic E-state index is 13.2. The number of hydrazone groups is 1. The Morgan fingerprint density at radius 3 is 2.33 bits per heavy atom. The van der Waals surface area contributed by atoms with Crippen molar-refractivity contribution in [3.05, 3.63) is 10.1 Å². The molecule has 11 heteroatoms. The third kappa shape index (κ3) is 3.70. The van der Waals surface area contributed by atoms with E-state index >= 15 is 0 Å². The molecule has 0 aromatic carbocycles. The van der Waals surface area contributed by atoms with Crippen molar-refractivity contribution in [2.45, 2.75) is 51.1 Å². The van der Waals surface area contributed by atoms with E-state index in [1.54, 1.807) is 0 Å². The van der Waals surface area contributed by atoms with Gasteiger partial charge in [0.15, 0.2) is 0 Å². The van der Waals surface area contributed by atoms with Gasteiger partial charge in [-0.2, -0.15) is 27.1 Å². The van der Waals surface area contributed by atoms with Crippen molar-refractivity contribution in [3.63, 3.8) is 0 Å². The number of nitrogens with zero attached hydrogens (tertiary/aromatic N) is 4. The van der Waals surface area contributed by atoms with Crippen molar-refractivity contribution in [1.82, 2.24) is 9.91 Å². The maximum absolute atomic E-state index is 13.2. The first-order chi connectivity index (χ1) is 9.63. The van der Waals surface area contributed by atoms with Crippen LogP contribution in [-0.4, -0.2) is 46.2 Å². The van der Waals surface area contributed by atoms with Crippen molar-refractivity contribution in [2.24, 2.45) is 5.10 Å². The van der Waals surface area contributed by atoms with E-state index in [1.165, 1.54) is 0 Å². The number of hydrogen-bond donors (Lipinski definition) is 0. The van der Waals surface area contributed by atoms with Crippen LogP contribution in [0.5, 0.6) is 0 Å². The first-order valence-corrected chi connectivity index (χ1v) is 6.30. The van der Waals surface area contributed by atoms with Crippen LogP contribution in [0.25, 0.3) is 0 Å². The molecule has 1 atom stereocenters. The Labute approximate surface area is 117 Å². The van der Waals surface area contributed by atoms with Crippen molar-refractivity contribution in [2.75, 3.05) is 6.54 Å². The Morgan fingerprint density at radius 2 is 1.86 bits per heavy atom. The molecule has 1 aliphatic rings. The van der Waals surface area contributed by atoms with E-state index in [2.05, 4.69) is 5.10 Å². The predicted molar refractivity (Wildman–Crippen MR) is 63.0 cm³/mol. The van der Waals surface area contributed by atoms with Crippen LogP contribution in [0.3, 0.4) is 0 Å². The van der Waals surface area contributed by atoms with Gasteiger partial charge in [0, 0.05) is 6.54 Å². The highest BCUT2D eigenvalue weighted by molar-refractivity contribution is 5.57. The molecule has 0 spiro atoms. The summed E-state index contributed by atoms with van der Waals surface area (Å²) < 4.78 is 63.4. The number of alkyl halides is 5. The molecule has 0 radical (unpaired) electrons. The molecule has 6 nitrogen and oxygen atoms in total. The minimum atomic E-state index is -5.93. The maximum Gasteiger partial charge on any atom is 0.475 e. The minimum absolute atomic E-state index is 0.0629. The molecule has 1 rings (SSSR count). The lowest BCUT2D eigenvalue weighted by molar-refractivity contribution is -0.586. The average Bonchev–Trinajstić information content (AvgIpc) is 2.77. The van der Waals surface area contributed by atoms with Gasteiger partial charge in [-0.3, -0.25) is 10.1 Å². The van der Waals surface area contributed by atoms with Gasteiger partial charge < -0.3 is 0 Å². The minimum Gasteiger partial charge on any atom is -0.261 e. The largest absolute Gasteiger partial charge is 0.475 e. The highest BCUT2D eigenvalue weighted by atomic mass is 19.4. The molecular weight excluding hydrogens is 303 g/mol. The molecule has 0 fully saturated rings. The van der Waals surface area contributed by atoms with Crippen LogP contribution >= 0.6 is 0 Å². The van der Waals surface area contributed by atoms with Crippen LogP contribution < -0.4 is 0 Å². The molecule has 0 aliphatic carbocycles. The van der Waals surface area contributed by atoms with E-state index < -0.39 is 28.3 Å². The lowest BCUT2D eigenvalue weighted by atomic mass is 10.2. The van der Waals surface area contributed by atoms with Crippen LogP contribution in [0, 0.1) is 10.1 Å². The van der Waals surface area contributed by atoms with E-state index in [0.29, 0.717) is 17.9 Å². The van der Waals surface area contributed by atoms with E-state index in [9.17, 15) is 32.1 Å². The smallest absolute Gasteiger partial charge is 0.261 e. The summed E-state index contributed by atoms with van der Waals surface area (Å²) in [5.41, 5.74) is 0. The van der Waals surface area contributed by atoms with Crippen LogP contribution in [0.2, 0.25) is 0 Å². The second kappa shape index (κ2) is 6.39. The quantitative estimate of drug-likeness (QED) is 0.238.